The molecule has 0 amide bonds. The van der Waals surface area contributed by atoms with Crippen molar-refractivity contribution in [3.63, 3.8) is 0 Å². The highest BCUT2D eigenvalue weighted by Gasteiger charge is 2.23. The molecule has 0 radical (unpaired) electrons. The molecular formula is C14H22N4O. The van der Waals surface area contributed by atoms with Crippen molar-refractivity contribution in [1.82, 2.24) is 4.98 Å². The summed E-state index contributed by atoms with van der Waals surface area (Å²) in [6, 6.07) is 1.90. The fourth-order valence-electron chi connectivity index (χ4n) is 2.66. The van der Waals surface area contributed by atoms with Crippen LogP contribution in [0.2, 0.25) is 0 Å². The predicted molar refractivity (Wildman–Crippen MR) is 76.8 cm³/mol. The molecule has 3 N–H and O–H groups in total. The number of nitrogens with one attached hydrogen (secondary N) is 1. The highest BCUT2D eigenvalue weighted by molar-refractivity contribution is 6.01. The number of hydrogen-bond donors (Lipinski definition) is 2. The number of amidine groups is 1. The van der Waals surface area contributed by atoms with Gasteiger partial charge >= 0.3 is 0 Å². The summed E-state index contributed by atoms with van der Waals surface area (Å²) in [6.07, 6.45) is 3.99. The molecule has 0 aromatic carbocycles. The van der Waals surface area contributed by atoms with E-state index < -0.39 is 0 Å². The molecule has 0 saturated carbocycles. The summed E-state index contributed by atoms with van der Waals surface area (Å²) in [5.41, 5.74) is 7.48. The summed E-state index contributed by atoms with van der Waals surface area (Å²) in [4.78, 5) is 6.66. The quantitative estimate of drug-likeness (QED) is 0.637. The third-order valence-corrected chi connectivity index (χ3v) is 3.73. The van der Waals surface area contributed by atoms with Gasteiger partial charge in [0.25, 0.3) is 0 Å². The molecule has 0 bridgehead atoms. The van der Waals surface area contributed by atoms with E-state index in [1.165, 1.54) is 0 Å². The van der Waals surface area contributed by atoms with Crippen LogP contribution in [0.3, 0.4) is 0 Å². The summed E-state index contributed by atoms with van der Waals surface area (Å²) in [5, 5.41) is 7.73. The number of aromatic nitrogens is 1. The van der Waals surface area contributed by atoms with E-state index in [1.54, 1.807) is 13.3 Å². The van der Waals surface area contributed by atoms with Gasteiger partial charge in [0.1, 0.15) is 11.7 Å². The summed E-state index contributed by atoms with van der Waals surface area (Å²) >= 11 is 0. The Morgan fingerprint density at radius 2 is 2.21 bits per heavy atom. The van der Waals surface area contributed by atoms with Gasteiger partial charge in [0.2, 0.25) is 0 Å². The van der Waals surface area contributed by atoms with E-state index in [0.29, 0.717) is 5.92 Å². The number of pyridine rings is 1. The minimum absolute atomic E-state index is 0.0969. The first-order valence-corrected chi connectivity index (χ1v) is 6.67. The second kappa shape index (κ2) is 6.02. The first kappa shape index (κ1) is 13.8. The minimum Gasteiger partial charge on any atom is -0.384 e. The first-order valence-electron chi connectivity index (χ1n) is 6.67. The Bertz CT molecular complexity index is 453. The van der Waals surface area contributed by atoms with Crippen LogP contribution in [-0.4, -0.2) is 37.6 Å². The highest BCUT2D eigenvalue weighted by atomic mass is 16.5. The molecule has 1 saturated heterocycles. The van der Waals surface area contributed by atoms with E-state index in [-0.39, 0.29) is 5.84 Å². The van der Waals surface area contributed by atoms with Gasteiger partial charge in [-0.15, -0.1) is 0 Å². The Balaban J connectivity index is 2.15. The monoisotopic (exact) mass is 262 g/mol. The minimum atomic E-state index is 0.0969. The molecule has 1 aliphatic heterocycles. The Hall–Kier alpha value is -1.62. The Kier molecular flexibility index (Phi) is 4.37. The molecule has 1 aromatic heterocycles. The molecule has 19 heavy (non-hydrogen) atoms. The van der Waals surface area contributed by atoms with Crippen LogP contribution in [-0.2, 0) is 4.74 Å². The number of methoxy groups -OCH3 is 1. The molecule has 0 atom stereocenters. The third-order valence-electron chi connectivity index (χ3n) is 3.73. The molecule has 5 nitrogen and oxygen atoms in total. The number of hydrogen-bond acceptors (Lipinski definition) is 4. The van der Waals surface area contributed by atoms with Crippen LogP contribution in [0.1, 0.15) is 24.0 Å². The van der Waals surface area contributed by atoms with Crippen LogP contribution < -0.4 is 10.6 Å². The lowest BCUT2D eigenvalue weighted by Crippen LogP contribution is -2.37. The summed E-state index contributed by atoms with van der Waals surface area (Å²) in [6.45, 7) is 4.70. The van der Waals surface area contributed by atoms with Crippen LogP contribution in [0.15, 0.2) is 12.3 Å². The van der Waals surface area contributed by atoms with Crippen molar-refractivity contribution in [2.24, 2.45) is 11.7 Å². The number of nitrogens with zero attached hydrogens (tertiary/aromatic N) is 2. The molecule has 1 fully saturated rings. The van der Waals surface area contributed by atoms with Gasteiger partial charge in [-0.2, -0.15) is 0 Å². The number of ether oxygens (including phenoxy) is 1. The van der Waals surface area contributed by atoms with E-state index in [0.717, 1.165) is 49.5 Å². The van der Waals surface area contributed by atoms with Gasteiger partial charge in [-0.1, -0.05) is 0 Å². The first-order chi connectivity index (χ1) is 9.13. The summed E-state index contributed by atoms with van der Waals surface area (Å²) in [7, 11) is 1.75. The Labute approximate surface area is 114 Å². The molecule has 1 aliphatic rings. The molecule has 1 aromatic rings. The number of nitrogen functional groups attached to an aromatic ring is 1. The van der Waals surface area contributed by atoms with E-state index >= 15 is 0 Å². The van der Waals surface area contributed by atoms with Gasteiger partial charge in [-0.3, -0.25) is 5.41 Å². The van der Waals surface area contributed by atoms with Crippen molar-refractivity contribution >= 4 is 11.7 Å². The maximum atomic E-state index is 7.73. The van der Waals surface area contributed by atoms with Gasteiger partial charge in [0.05, 0.1) is 5.56 Å². The molecule has 0 spiro atoms. The molecule has 0 aliphatic carbocycles. The number of anilines is 1. The average molecular weight is 262 g/mol. The molecule has 104 valence electrons. The Morgan fingerprint density at radius 1 is 1.53 bits per heavy atom. The zero-order chi connectivity index (χ0) is 13.8. The molecule has 5 heteroatoms. The third kappa shape index (κ3) is 3.04. The van der Waals surface area contributed by atoms with E-state index in [9.17, 15) is 0 Å². The van der Waals surface area contributed by atoms with Crippen molar-refractivity contribution in [3.05, 3.63) is 23.4 Å². The lowest BCUT2D eigenvalue weighted by Gasteiger charge is -2.33. The van der Waals surface area contributed by atoms with Crippen molar-refractivity contribution in [1.29, 1.82) is 5.41 Å². The van der Waals surface area contributed by atoms with Crippen LogP contribution in [0.5, 0.6) is 0 Å². The number of aryl methyl sites for hydroxylation is 1. The SMILES string of the molecule is COCC1CCN(c2nccc(C)c2C(=N)N)CC1. The zero-order valence-electron chi connectivity index (χ0n) is 11.6. The van der Waals surface area contributed by atoms with Crippen molar-refractivity contribution in [2.75, 3.05) is 31.7 Å². The molecule has 0 unspecified atom stereocenters. The van der Waals surface area contributed by atoms with Gasteiger partial charge < -0.3 is 15.4 Å². The standard InChI is InChI=1S/C14H22N4O/c1-10-3-6-17-14(12(10)13(15)16)18-7-4-11(5-8-18)9-19-2/h3,6,11H,4-5,7-9H2,1-2H3,(H3,15,16). The normalized spacial score (nSPS) is 16.6. The smallest absolute Gasteiger partial charge is 0.139 e. The van der Waals surface area contributed by atoms with Gasteiger partial charge in [0, 0.05) is 33.0 Å². The maximum Gasteiger partial charge on any atom is 0.139 e. The average Bonchev–Trinajstić information content (AvgIpc) is 2.39. The predicted octanol–water partition coefficient (Wildman–Crippen LogP) is 1.54. The second-order valence-electron chi connectivity index (χ2n) is 5.13. The van der Waals surface area contributed by atoms with Gasteiger partial charge in [-0.05, 0) is 37.3 Å². The van der Waals surface area contributed by atoms with Crippen LogP contribution >= 0.6 is 0 Å². The van der Waals surface area contributed by atoms with Gasteiger partial charge in [-0.25, -0.2) is 4.98 Å². The number of nitrogens with two attached hydrogens (primary N) is 1. The number of piperidine rings is 1. The topological polar surface area (TPSA) is 75.2 Å². The fraction of sp³-hybridized carbons (Fsp3) is 0.571. The molecule has 2 rings (SSSR count). The summed E-state index contributed by atoms with van der Waals surface area (Å²) < 4.78 is 5.22. The summed E-state index contributed by atoms with van der Waals surface area (Å²) in [5.74, 6) is 1.58. The maximum absolute atomic E-state index is 7.73. The number of rotatable bonds is 4. The van der Waals surface area contributed by atoms with E-state index in [1.807, 2.05) is 13.0 Å². The molecule has 2 heterocycles. The van der Waals surface area contributed by atoms with Crippen LogP contribution in [0, 0.1) is 18.3 Å². The van der Waals surface area contributed by atoms with Crippen molar-refractivity contribution in [2.45, 2.75) is 19.8 Å². The zero-order valence-corrected chi connectivity index (χ0v) is 11.6. The fourth-order valence-corrected chi connectivity index (χ4v) is 2.66. The van der Waals surface area contributed by atoms with Gasteiger partial charge in [0.15, 0.2) is 0 Å². The second-order valence-corrected chi connectivity index (χ2v) is 5.13. The lowest BCUT2D eigenvalue weighted by molar-refractivity contribution is 0.139. The highest BCUT2D eigenvalue weighted by Crippen LogP contribution is 2.26. The van der Waals surface area contributed by atoms with Crippen LogP contribution in [0.4, 0.5) is 5.82 Å². The van der Waals surface area contributed by atoms with Crippen molar-refractivity contribution in [3.8, 4) is 0 Å². The largest absolute Gasteiger partial charge is 0.384 e. The van der Waals surface area contributed by atoms with E-state index in [4.69, 9.17) is 15.9 Å². The molecular weight excluding hydrogens is 240 g/mol. The lowest BCUT2D eigenvalue weighted by atomic mass is 9.97. The van der Waals surface area contributed by atoms with Crippen molar-refractivity contribution < 1.29 is 4.74 Å². The Morgan fingerprint density at radius 3 is 2.79 bits per heavy atom. The van der Waals surface area contributed by atoms with E-state index in [2.05, 4.69) is 9.88 Å². The van der Waals surface area contributed by atoms with Crippen LogP contribution in [0.25, 0.3) is 0 Å².